The third kappa shape index (κ3) is 10.8. The third-order valence-corrected chi connectivity index (χ3v) is 8.45. The molecule has 0 aliphatic carbocycles. The van der Waals surface area contributed by atoms with E-state index in [1.165, 1.54) is 0 Å². The molecular formula is C31H35N3O4S2. The van der Waals surface area contributed by atoms with E-state index in [1.54, 1.807) is 45.9 Å². The van der Waals surface area contributed by atoms with E-state index in [1.807, 2.05) is 67.6 Å². The second-order valence-electron chi connectivity index (χ2n) is 9.12. The van der Waals surface area contributed by atoms with Crippen molar-refractivity contribution in [2.24, 2.45) is 5.92 Å². The van der Waals surface area contributed by atoms with Crippen LogP contribution >= 0.6 is 21.6 Å². The van der Waals surface area contributed by atoms with Crippen molar-refractivity contribution >= 4 is 50.7 Å². The molecule has 40 heavy (non-hydrogen) atoms. The first kappa shape index (κ1) is 30.8. The van der Waals surface area contributed by atoms with Crippen LogP contribution in [0.1, 0.15) is 24.0 Å². The van der Waals surface area contributed by atoms with Crippen LogP contribution in [0.2, 0.25) is 0 Å². The van der Waals surface area contributed by atoms with E-state index in [4.69, 9.17) is 0 Å². The summed E-state index contributed by atoms with van der Waals surface area (Å²) in [6.07, 6.45) is 2.31. The number of aliphatic hydroxyl groups excluding tert-OH is 1. The minimum absolute atomic E-state index is 0.287. The minimum atomic E-state index is -0.831. The molecule has 0 aliphatic heterocycles. The Morgan fingerprint density at radius 3 is 1.90 bits per heavy atom. The molecule has 3 rings (SSSR count). The third-order valence-electron chi connectivity index (χ3n) is 5.95. The molecule has 0 saturated carbocycles. The molecule has 0 aliphatic rings. The fourth-order valence-corrected chi connectivity index (χ4v) is 5.79. The fourth-order valence-electron chi connectivity index (χ4n) is 3.78. The molecule has 4 N–H and O–H groups in total. The average molecular weight is 578 g/mol. The lowest BCUT2D eigenvalue weighted by atomic mass is 10.0. The van der Waals surface area contributed by atoms with Gasteiger partial charge in [-0.15, -0.1) is 0 Å². The van der Waals surface area contributed by atoms with E-state index in [9.17, 15) is 19.5 Å². The zero-order valence-electron chi connectivity index (χ0n) is 22.5. The summed E-state index contributed by atoms with van der Waals surface area (Å²) >= 11 is 0. The second-order valence-corrected chi connectivity index (χ2v) is 11.8. The number of anilines is 2. The predicted molar refractivity (Wildman–Crippen MR) is 166 cm³/mol. The predicted octanol–water partition coefficient (Wildman–Crippen LogP) is 6.15. The van der Waals surface area contributed by atoms with E-state index in [0.29, 0.717) is 48.5 Å². The van der Waals surface area contributed by atoms with Gasteiger partial charge in [0.25, 0.3) is 5.91 Å². The van der Waals surface area contributed by atoms with Crippen molar-refractivity contribution in [2.75, 3.05) is 28.7 Å². The van der Waals surface area contributed by atoms with E-state index in [0.717, 1.165) is 23.1 Å². The Hall–Kier alpha value is -3.69. The lowest BCUT2D eigenvalue weighted by molar-refractivity contribution is -0.129. The maximum atomic E-state index is 13.0. The van der Waals surface area contributed by atoms with Crippen LogP contribution in [0.5, 0.6) is 0 Å². The highest BCUT2D eigenvalue weighted by atomic mass is 33.1. The normalized spacial score (nSPS) is 11.2. The van der Waals surface area contributed by atoms with Crippen LogP contribution in [0.3, 0.4) is 0 Å². The van der Waals surface area contributed by atoms with Crippen LogP contribution in [0, 0.1) is 12.8 Å². The van der Waals surface area contributed by atoms with E-state index in [2.05, 4.69) is 16.0 Å². The molecule has 0 spiro atoms. The van der Waals surface area contributed by atoms with Gasteiger partial charge in [0.2, 0.25) is 11.8 Å². The van der Waals surface area contributed by atoms with E-state index >= 15 is 0 Å². The first-order chi connectivity index (χ1) is 19.5. The van der Waals surface area contributed by atoms with Gasteiger partial charge >= 0.3 is 0 Å². The lowest BCUT2D eigenvalue weighted by Crippen LogP contribution is -2.34. The van der Waals surface area contributed by atoms with Gasteiger partial charge in [-0.05, 0) is 49.6 Å². The summed E-state index contributed by atoms with van der Waals surface area (Å²) in [5, 5.41) is 18.0. The minimum Gasteiger partial charge on any atom is -0.515 e. The summed E-state index contributed by atoms with van der Waals surface area (Å²) in [6.45, 7) is 2.46. The molecule has 0 heterocycles. The van der Waals surface area contributed by atoms with Gasteiger partial charge in [0.1, 0.15) is 5.92 Å². The van der Waals surface area contributed by atoms with Gasteiger partial charge in [0, 0.05) is 35.8 Å². The van der Waals surface area contributed by atoms with E-state index < -0.39 is 5.92 Å². The maximum Gasteiger partial charge on any atom is 0.250 e. The first-order valence-electron chi connectivity index (χ1n) is 13.1. The van der Waals surface area contributed by atoms with Crippen LogP contribution in [-0.2, 0) is 20.8 Å². The Morgan fingerprint density at radius 1 is 0.800 bits per heavy atom. The molecule has 0 bridgehead atoms. The van der Waals surface area contributed by atoms with E-state index in [-0.39, 0.29) is 17.7 Å². The SMILES string of the molecule is Cc1ccc(C/C(=C\O)C(=O)NCCSSCCCC(C(=O)Nc2ccccc2)C(=O)Nc2ccccc2)cc1. The Balaban J connectivity index is 1.39. The Bertz CT molecular complexity index is 1200. The molecule has 210 valence electrons. The van der Waals surface area contributed by atoms with Gasteiger partial charge in [0.15, 0.2) is 0 Å². The highest BCUT2D eigenvalue weighted by Crippen LogP contribution is 2.24. The molecule has 0 atom stereocenters. The molecule has 0 saturated heterocycles. The number of aliphatic hydroxyl groups is 1. The quantitative estimate of drug-likeness (QED) is 0.0567. The molecule has 3 amide bonds. The zero-order valence-corrected chi connectivity index (χ0v) is 24.1. The Kier molecular flexibility index (Phi) is 13.2. The molecule has 9 heteroatoms. The van der Waals surface area contributed by atoms with Crippen LogP contribution in [0.15, 0.2) is 96.8 Å². The number of benzene rings is 3. The molecule has 7 nitrogen and oxygen atoms in total. The highest BCUT2D eigenvalue weighted by Gasteiger charge is 2.26. The van der Waals surface area contributed by atoms with Crippen molar-refractivity contribution in [3.8, 4) is 0 Å². The number of para-hydroxylation sites is 2. The van der Waals surface area contributed by atoms with Crippen LogP contribution in [0.4, 0.5) is 11.4 Å². The van der Waals surface area contributed by atoms with Gasteiger partial charge in [-0.25, -0.2) is 0 Å². The van der Waals surface area contributed by atoms with Crippen LogP contribution < -0.4 is 16.0 Å². The Labute approximate surface area is 243 Å². The number of carbonyl (C=O) groups is 3. The van der Waals surface area contributed by atoms with Gasteiger partial charge in [0.05, 0.1) is 11.8 Å². The van der Waals surface area contributed by atoms with Crippen molar-refractivity contribution < 1.29 is 19.5 Å². The largest absolute Gasteiger partial charge is 0.515 e. The average Bonchev–Trinajstić information content (AvgIpc) is 2.96. The van der Waals surface area contributed by atoms with Crippen molar-refractivity contribution in [1.82, 2.24) is 5.32 Å². The fraction of sp³-hybridized carbons (Fsp3) is 0.258. The number of rotatable bonds is 15. The summed E-state index contributed by atoms with van der Waals surface area (Å²) < 4.78 is 0. The topological polar surface area (TPSA) is 108 Å². The van der Waals surface area contributed by atoms with Crippen molar-refractivity contribution in [1.29, 1.82) is 0 Å². The summed E-state index contributed by atoms with van der Waals surface area (Å²) in [7, 11) is 3.25. The maximum absolute atomic E-state index is 13.0. The molecular weight excluding hydrogens is 542 g/mol. The number of hydrogen-bond acceptors (Lipinski definition) is 6. The number of nitrogens with one attached hydrogen (secondary N) is 3. The van der Waals surface area contributed by atoms with Crippen molar-refractivity contribution in [2.45, 2.75) is 26.2 Å². The number of aryl methyl sites for hydroxylation is 1. The highest BCUT2D eigenvalue weighted by molar-refractivity contribution is 8.76. The van der Waals surface area contributed by atoms with Crippen LogP contribution in [-0.4, -0.2) is 40.9 Å². The van der Waals surface area contributed by atoms with Gasteiger partial charge < -0.3 is 21.1 Å². The monoisotopic (exact) mass is 577 g/mol. The van der Waals surface area contributed by atoms with Crippen molar-refractivity contribution in [3.63, 3.8) is 0 Å². The zero-order chi connectivity index (χ0) is 28.6. The molecule has 0 radical (unpaired) electrons. The number of carbonyl (C=O) groups excluding carboxylic acids is 3. The Morgan fingerprint density at radius 2 is 1.35 bits per heavy atom. The van der Waals surface area contributed by atoms with Gasteiger partial charge in [-0.3, -0.25) is 14.4 Å². The lowest BCUT2D eigenvalue weighted by Gasteiger charge is -2.17. The van der Waals surface area contributed by atoms with Crippen molar-refractivity contribution in [3.05, 3.63) is 108 Å². The molecule has 3 aromatic carbocycles. The summed E-state index contributed by atoms with van der Waals surface area (Å²) in [6, 6.07) is 26.0. The summed E-state index contributed by atoms with van der Waals surface area (Å²) in [5.41, 5.74) is 3.71. The van der Waals surface area contributed by atoms with Crippen LogP contribution in [0.25, 0.3) is 0 Å². The smallest absolute Gasteiger partial charge is 0.250 e. The standard InChI is InChI=1S/C31H35N3O4S2/c1-23-14-16-24(17-15-23)21-25(22-35)29(36)32-18-20-40-39-19-8-13-28(30(37)33-26-9-4-2-5-10-26)31(38)34-27-11-6-3-7-12-27/h2-7,9-12,14-17,22,28,35H,8,13,18-21H2,1H3,(H,32,36)(H,33,37)(H,34,38)/b25-22+. The molecule has 0 aromatic heterocycles. The van der Waals surface area contributed by atoms with Gasteiger partial charge in [-0.2, -0.15) is 0 Å². The second kappa shape index (κ2) is 17.1. The molecule has 3 aromatic rings. The number of amides is 3. The molecule has 0 fully saturated rings. The van der Waals surface area contributed by atoms with Gasteiger partial charge in [-0.1, -0.05) is 87.8 Å². The summed E-state index contributed by atoms with van der Waals surface area (Å²) in [4.78, 5) is 38.4. The summed E-state index contributed by atoms with van der Waals surface area (Å²) in [5.74, 6) is -0.349. The molecule has 0 unspecified atom stereocenters. The first-order valence-corrected chi connectivity index (χ1v) is 15.6. The number of hydrogen-bond donors (Lipinski definition) is 4.